The van der Waals surface area contributed by atoms with Crippen molar-refractivity contribution in [3.63, 3.8) is 0 Å². The van der Waals surface area contributed by atoms with Crippen molar-refractivity contribution in [2.24, 2.45) is 0 Å². The summed E-state index contributed by atoms with van der Waals surface area (Å²) < 4.78 is 5.06. The lowest BCUT2D eigenvalue weighted by molar-refractivity contribution is -0.121. The molecule has 3 amide bonds. The second kappa shape index (κ2) is 10.4. The molecule has 35 heavy (non-hydrogen) atoms. The highest BCUT2D eigenvalue weighted by Crippen LogP contribution is 2.23. The molecule has 1 unspecified atom stereocenters. The maximum Gasteiger partial charge on any atom is 0.338 e. The number of amides is 3. The molecular formula is C24H19N5O6. The van der Waals surface area contributed by atoms with Crippen molar-refractivity contribution in [1.29, 1.82) is 0 Å². The van der Waals surface area contributed by atoms with E-state index in [2.05, 4.69) is 20.8 Å². The van der Waals surface area contributed by atoms with Crippen molar-refractivity contribution in [1.82, 2.24) is 20.8 Å². The summed E-state index contributed by atoms with van der Waals surface area (Å²) in [5.41, 5.74) is 5.76. The first-order chi connectivity index (χ1) is 16.9. The van der Waals surface area contributed by atoms with Gasteiger partial charge in [-0.3, -0.25) is 29.6 Å². The van der Waals surface area contributed by atoms with Crippen LogP contribution in [0.4, 0.5) is 5.69 Å². The Morgan fingerprint density at radius 1 is 0.971 bits per heavy atom. The summed E-state index contributed by atoms with van der Waals surface area (Å²) >= 11 is 0. The largest absolute Gasteiger partial charge is 0.454 e. The van der Waals surface area contributed by atoms with Gasteiger partial charge in [0.15, 0.2) is 12.4 Å². The van der Waals surface area contributed by atoms with Crippen molar-refractivity contribution in [3.05, 3.63) is 90.0 Å². The summed E-state index contributed by atoms with van der Waals surface area (Å²) in [5, 5.41) is 0. The van der Waals surface area contributed by atoms with E-state index >= 15 is 0 Å². The van der Waals surface area contributed by atoms with E-state index in [4.69, 9.17) is 4.74 Å². The molecule has 0 radical (unpaired) electrons. The van der Waals surface area contributed by atoms with E-state index < -0.39 is 36.3 Å². The lowest BCUT2D eigenvalue weighted by Crippen LogP contribution is -2.48. The van der Waals surface area contributed by atoms with Gasteiger partial charge in [-0.05, 0) is 24.3 Å². The van der Waals surface area contributed by atoms with Gasteiger partial charge in [0.25, 0.3) is 11.8 Å². The molecule has 0 aliphatic carbocycles. The fraction of sp³-hybridized carbons (Fsp3) is 0.125. The van der Waals surface area contributed by atoms with Crippen molar-refractivity contribution in [3.8, 4) is 0 Å². The molecule has 1 saturated heterocycles. The van der Waals surface area contributed by atoms with Gasteiger partial charge in [-0.15, -0.1) is 0 Å². The summed E-state index contributed by atoms with van der Waals surface area (Å²) in [6, 6.07) is 13.1. The first-order valence-corrected chi connectivity index (χ1v) is 10.5. The highest BCUT2D eigenvalue weighted by atomic mass is 16.5. The number of hydrogen-bond donors (Lipinski definition) is 2. The Balaban J connectivity index is 1.33. The van der Waals surface area contributed by atoms with Crippen LogP contribution in [0.3, 0.4) is 0 Å². The fourth-order valence-electron chi connectivity index (χ4n) is 3.32. The van der Waals surface area contributed by atoms with E-state index in [9.17, 15) is 24.0 Å². The standard InChI is InChI=1S/C24H19N5O6/c30-20(15-4-2-1-3-5-15)14-35-24(34)16-6-8-17(9-7-16)29-21(31)12-18(23(29)33)27-28-22(32)19-13-25-10-11-26-19/h1-11,13,18,27H,12,14H2,(H,28,32). The molecule has 11 nitrogen and oxygen atoms in total. The molecule has 1 fully saturated rings. The Kier molecular flexibility index (Phi) is 6.98. The van der Waals surface area contributed by atoms with Crippen molar-refractivity contribution < 1.29 is 28.7 Å². The number of esters is 1. The Hall–Kier alpha value is -4.77. The maximum atomic E-state index is 12.7. The SMILES string of the molecule is O=C(COC(=O)c1ccc(N2C(=O)CC(NNC(=O)c3cnccn3)C2=O)cc1)c1ccccc1. The molecule has 1 atom stereocenters. The van der Waals surface area contributed by atoms with E-state index in [0.29, 0.717) is 5.56 Å². The first-order valence-electron chi connectivity index (χ1n) is 10.5. The molecule has 3 aromatic rings. The van der Waals surface area contributed by atoms with E-state index in [1.807, 2.05) is 0 Å². The third kappa shape index (κ3) is 5.42. The van der Waals surface area contributed by atoms with Gasteiger partial charge in [0.1, 0.15) is 11.7 Å². The molecule has 2 N–H and O–H groups in total. The van der Waals surface area contributed by atoms with Gasteiger partial charge in [-0.2, -0.15) is 0 Å². The van der Waals surface area contributed by atoms with Crippen LogP contribution in [0.1, 0.15) is 37.6 Å². The average molecular weight is 473 g/mol. The van der Waals surface area contributed by atoms with Crippen LogP contribution in [0.5, 0.6) is 0 Å². The number of imide groups is 1. The summed E-state index contributed by atoms with van der Waals surface area (Å²) in [7, 11) is 0. The highest BCUT2D eigenvalue weighted by Gasteiger charge is 2.39. The Morgan fingerprint density at radius 2 is 1.71 bits per heavy atom. The molecule has 1 aliphatic heterocycles. The van der Waals surface area contributed by atoms with Crippen LogP contribution >= 0.6 is 0 Å². The lowest BCUT2D eigenvalue weighted by atomic mass is 10.1. The van der Waals surface area contributed by atoms with Crippen LogP contribution in [-0.4, -0.2) is 52.1 Å². The number of rotatable bonds is 8. The zero-order valence-electron chi connectivity index (χ0n) is 18.2. The second-order valence-corrected chi connectivity index (χ2v) is 7.43. The molecular weight excluding hydrogens is 454 g/mol. The third-order valence-corrected chi connectivity index (χ3v) is 5.09. The van der Waals surface area contributed by atoms with Crippen LogP contribution in [-0.2, 0) is 14.3 Å². The van der Waals surface area contributed by atoms with E-state index in [1.54, 1.807) is 30.3 Å². The number of hydrazine groups is 1. The number of hydrogen-bond acceptors (Lipinski definition) is 9. The zero-order chi connectivity index (χ0) is 24.8. The van der Waals surface area contributed by atoms with E-state index in [-0.39, 0.29) is 29.1 Å². The number of anilines is 1. The molecule has 0 spiro atoms. The number of carbonyl (C=O) groups excluding carboxylic acids is 5. The molecule has 1 aromatic heterocycles. The molecule has 0 saturated carbocycles. The second-order valence-electron chi connectivity index (χ2n) is 7.43. The minimum absolute atomic E-state index is 0.0431. The topological polar surface area (TPSA) is 148 Å². The monoisotopic (exact) mass is 473 g/mol. The molecule has 1 aliphatic rings. The minimum Gasteiger partial charge on any atom is -0.454 e. The normalized spacial score (nSPS) is 15.1. The predicted octanol–water partition coefficient (Wildman–Crippen LogP) is 1.08. The molecule has 0 bridgehead atoms. The van der Waals surface area contributed by atoms with Gasteiger partial charge in [0, 0.05) is 18.0 Å². The first kappa shape index (κ1) is 23.4. The van der Waals surface area contributed by atoms with Gasteiger partial charge in [0.2, 0.25) is 5.91 Å². The highest BCUT2D eigenvalue weighted by molar-refractivity contribution is 6.22. The van der Waals surface area contributed by atoms with Gasteiger partial charge < -0.3 is 4.74 Å². The summed E-state index contributed by atoms with van der Waals surface area (Å²) in [4.78, 5) is 70.2. The lowest BCUT2D eigenvalue weighted by Gasteiger charge is -2.16. The molecule has 2 heterocycles. The Bertz CT molecular complexity index is 1260. The van der Waals surface area contributed by atoms with E-state index in [1.165, 1.54) is 42.9 Å². The molecule has 11 heteroatoms. The number of Topliss-reactive ketones (excluding diaryl/α,β-unsaturated/α-hetero) is 1. The van der Waals surface area contributed by atoms with Crippen molar-refractivity contribution in [2.45, 2.75) is 12.5 Å². The Labute approximate surface area is 199 Å². The van der Waals surface area contributed by atoms with Gasteiger partial charge >= 0.3 is 5.97 Å². The number of ketones is 1. The third-order valence-electron chi connectivity index (χ3n) is 5.09. The molecule has 4 rings (SSSR count). The Morgan fingerprint density at radius 3 is 2.40 bits per heavy atom. The predicted molar refractivity (Wildman–Crippen MR) is 121 cm³/mol. The number of nitrogens with zero attached hydrogens (tertiary/aromatic N) is 3. The average Bonchev–Trinajstić information content (AvgIpc) is 3.19. The summed E-state index contributed by atoms with van der Waals surface area (Å²) in [6.07, 6.45) is 3.85. The van der Waals surface area contributed by atoms with E-state index in [0.717, 1.165) is 4.90 Å². The molecule has 176 valence electrons. The van der Waals surface area contributed by atoms with Crippen LogP contribution < -0.4 is 15.8 Å². The minimum atomic E-state index is -0.975. The maximum absolute atomic E-state index is 12.7. The number of nitrogens with one attached hydrogen (secondary N) is 2. The van der Waals surface area contributed by atoms with Crippen LogP contribution in [0.15, 0.2) is 73.2 Å². The van der Waals surface area contributed by atoms with Crippen LogP contribution in [0.2, 0.25) is 0 Å². The number of ether oxygens (including phenoxy) is 1. The van der Waals surface area contributed by atoms with Crippen molar-refractivity contribution in [2.75, 3.05) is 11.5 Å². The van der Waals surface area contributed by atoms with Crippen LogP contribution in [0.25, 0.3) is 0 Å². The van der Waals surface area contributed by atoms with Gasteiger partial charge in [-0.25, -0.2) is 20.1 Å². The number of carbonyl (C=O) groups is 5. The number of benzene rings is 2. The quantitative estimate of drug-likeness (QED) is 0.212. The molecule has 2 aromatic carbocycles. The smallest absolute Gasteiger partial charge is 0.338 e. The number of aromatic nitrogens is 2. The van der Waals surface area contributed by atoms with Crippen LogP contribution in [0, 0.1) is 0 Å². The summed E-state index contributed by atoms with van der Waals surface area (Å²) in [6.45, 7) is -0.415. The summed E-state index contributed by atoms with van der Waals surface area (Å²) in [5.74, 6) is -2.71. The zero-order valence-corrected chi connectivity index (χ0v) is 18.2. The fourth-order valence-corrected chi connectivity index (χ4v) is 3.32. The van der Waals surface area contributed by atoms with Crippen molar-refractivity contribution >= 4 is 35.2 Å². The van der Waals surface area contributed by atoms with Gasteiger partial charge in [0.05, 0.1) is 23.9 Å². The van der Waals surface area contributed by atoms with Gasteiger partial charge in [-0.1, -0.05) is 30.3 Å².